The fourth-order valence-corrected chi connectivity index (χ4v) is 1.32. The lowest BCUT2D eigenvalue weighted by Gasteiger charge is -2.07. The number of para-hydroxylation sites is 1. The molecule has 1 aromatic carbocycles. The van der Waals surface area contributed by atoms with Crippen LogP contribution in [0.3, 0.4) is 0 Å². The molecule has 1 aromatic rings. The summed E-state index contributed by atoms with van der Waals surface area (Å²) in [6, 6.07) is 7.56. The van der Waals surface area contributed by atoms with Crippen LogP contribution < -0.4 is 5.32 Å². The van der Waals surface area contributed by atoms with Gasteiger partial charge in [0.25, 0.3) is 0 Å². The Morgan fingerprint density at radius 3 is 2.73 bits per heavy atom. The number of rotatable bonds is 1. The lowest BCUT2D eigenvalue weighted by atomic mass is 10.2. The molecule has 3 nitrogen and oxygen atoms in total. The third-order valence-electron chi connectivity index (χ3n) is 2.00. The van der Waals surface area contributed by atoms with E-state index in [0.29, 0.717) is 0 Å². The van der Waals surface area contributed by atoms with Gasteiger partial charge in [0.2, 0.25) is 0 Å². The largest absolute Gasteiger partial charge is 0.477 e. The molecule has 4 heteroatoms. The maximum atomic E-state index is 10.8. The zero-order chi connectivity index (χ0) is 9.97. The van der Waals surface area contributed by atoms with Gasteiger partial charge in [-0.2, -0.15) is 0 Å². The van der Waals surface area contributed by atoms with Crippen LogP contribution in [-0.2, 0) is 4.79 Å². The molecule has 0 aliphatic carbocycles. The van der Waals surface area contributed by atoms with Crippen LogP contribution >= 0.6 is 12.4 Å². The molecule has 0 atom stereocenters. The predicted octanol–water partition coefficient (Wildman–Crippen LogP) is 2.52. The molecule has 2 N–H and O–H groups in total. The summed E-state index contributed by atoms with van der Waals surface area (Å²) in [6.07, 6.45) is 5.14. The topological polar surface area (TPSA) is 49.3 Å². The van der Waals surface area contributed by atoms with Gasteiger partial charge in [-0.05, 0) is 17.7 Å². The van der Waals surface area contributed by atoms with E-state index in [-0.39, 0.29) is 18.1 Å². The molecular formula is C11H10ClNO2. The number of benzene rings is 1. The number of nitrogens with one attached hydrogen (secondary N) is 1. The van der Waals surface area contributed by atoms with E-state index >= 15 is 0 Å². The first kappa shape index (κ1) is 11.3. The second-order valence-electron chi connectivity index (χ2n) is 2.96. The minimum Gasteiger partial charge on any atom is -0.477 e. The van der Waals surface area contributed by atoms with Gasteiger partial charge in [0, 0.05) is 5.69 Å². The second kappa shape index (κ2) is 4.66. The van der Waals surface area contributed by atoms with E-state index in [4.69, 9.17) is 5.11 Å². The number of anilines is 1. The highest BCUT2D eigenvalue weighted by Gasteiger charge is 2.09. The van der Waals surface area contributed by atoms with Crippen LogP contribution in [0.15, 0.2) is 42.1 Å². The van der Waals surface area contributed by atoms with Crippen molar-refractivity contribution >= 4 is 30.1 Å². The SMILES string of the molecule is Cl.O=C(O)C1=CC=Cc2ccccc2N1. The van der Waals surface area contributed by atoms with E-state index < -0.39 is 5.97 Å². The number of aliphatic carboxylic acids is 1. The molecule has 0 aromatic heterocycles. The van der Waals surface area contributed by atoms with Gasteiger partial charge in [-0.1, -0.05) is 30.4 Å². The van der Waals surface area contributed by atoms with Gasteiger partial charge in [0.1, 0.15) is 5.70 Å². The number of allylic oxidation sites excluding steroid dienone is 2. The summed E-state index contributed by atoms with van der Waals surface area (Å²) in [5, 5.41) is 11.7. The summed E-state index contributed by atoms with van der Waals surface area (Å²) in [4.78, 5) is 10.8. The minimum absolute atomic E-state index is 0. The van der Waals surface area contributed by atoms with Crippen molar-refractivity contribution in [1.29, 1.82) is 0 Å². The van der Waals surface area contributed by atoms with E-state index in [1.807, 2.05) is 30.3 Å². The predicted molar refractivity (Wildman–Crippen MR) is 62.1 cm³/mol. The molecule has 2 rings (SSSR count). The number of hydrogen-bond donors (Lipinski definition) is 2. The molecule has 0 unspecified atom stereocenters. The highest BCUT2D eigenvalue weighted by molar-refractivity contribution is 5.92. The van der Waals surface area contributed by atoms with E-state index in [2.05, 4.69) is 5.32 Å². The summed E-state index contributed by atoms with van der Waals surface area (Å²) in [5.41, 5.74) is 1.99. The third kappa shape index (κ3) is 2.39. The maximum Gasteiger partial charge on any atom is 0.352 e. The smallest absolute Gasteiger partial charge is 0.352 e. The van der Waals surface area contributed by atoms with Gasteiger partial charge < -0.3 is 10.4 Å². The normalized spacial score (nSPS) is 12.7. The third-order valence-corrected chi connectivity index (χ3v) is 2.00. The minimum atomic E-state index is -0.952. The van der Waals surface area contributed by atoms with Crippen molar-refractivity contribution < 1.29 is 9.90 Å². The van der Waals surface area contributed by atoms with E-state index in [0.717, 1.165) is 11.3 Å². The number of halogens is 1. The van der Waals surface area contributed by atoms with Gasteiger partial charge in [0.05, 0.1) is 0 Å². The van der Waals surface area contributed by atoms with Gasteiger partial charge in [-0.3, -0.25) is 0 Å². The van der Waals surface area contributed by atoms with Crippen molar-refractivity contribution in [3.63, 3.8) is 0 Å². The molecule has 78 valence electrons. The van der Waals surface area contributed by atoms with Crippen LogP contribution in [0.2, 0.25) is 0 Å². The van der Waals surface area contributed by atoms with Crippen LogP contribution in [0.25, 0.3) is 6.08 Å². The zero-order valence-electron chi connectivity index (χ0n) is 7.81. The van der Waals surface area contributed by atoms with Gasteiger partial charge in [-0.15, -0.1) is 12.4 Å². The van der Waals surface area contributed by atoms with Crippen LogP contribution in [-0.4, -0.2) is 11.1 Å². The first-order valence-corrected chi connectivity index (χ1v) is 4.25. The number of fused-ring (bicyclic) bond motifs is 1. The Labute approximate surface area is 93.5 Å². The second-order valence-corrected chi connectivity index (χ2v) is 2.96. The Morgan fingerprint density at radius 1 is 1.27 bits per heavy atom. The number of carbonyl (C=O) groups is 1. The molecule has 15 heavy (non-hydrogen) atoms. The van der Waals surface area contributed by atoms with Gasteiger partial charge >= 0.3 is 5.97 Å². The zero-order valence-corrected chi connectivity index (χ0v) is 8.62. The van der Waals surface area contributed by atoms with E-state index in [1.165, 1.54) is 0 Å². The molecule has 0 saturated heterocycles. The Hall–Kier alpha value is -1.74. The molecule has 0 saturated carbocycles. The van der Waals surface area contributed by atoms with Gasteiger partial charge in [0.15, 0.2) is 0 Å². The first-order valence-electron chi connectivity index (χ1n) is 4.25. The number of carboxylic acids is 1. The van der Waals surface area contributed by atoms with Crippen molar-refractivity contribution in [2.24, 2.45) is 0 Å². The van der Waals surface area contributed by atoms with Crippen molar-refractivity contribution in [2.45, 2.75) is 0 Å². The Balaban J connectivity index is 0.00000112. The van der Waals surface area contributed by atoms with Gasteiger partial charge in [-0.25, -0.2) is 4.79 Å². The molecule has 0 radical (unpaired) electrons. The quantitative estimate of drug-likeness (QED) is 0.769. The summed E-state index contributed by atoms with van der Waals surface area (Å²) in [6.45, 7) is 0. The molecule has 0 fully saturated rings. The maximum absolute atomic E-state index is 10.8. The van der Waals surface area contributed by atoms with Crippen molar-refractivity contribution in [1.82, 2.24) is 0 Å². The molecule has 1 aliphatic rings. The van der Waals surface area contributed by atoms with Crippen LogP contribution in [0.4, 0.5) is 5.69 Å². The van der Waals surface area contributed by atoms with Crippen LogP contribution in [0.1, 0.15) is 5.56 Å². The van der Waals surface area contributed by atoms with Crippen molar-refractivity contribution in [2.75, 3.05) is 5.32 Å². The van der Waals surface area contributed by atoms with Crippen molar-refractivity contribution in [3.05, 3.63) is 47.7 Å². The summed E-state index contributed by atoms with van der Waals surface area (Å²) in [5.74, 6) is -0.952. The molecule has 0 amide bonds. The molecular weight excluding hydrogens is 214 g/mol. The van der Waals surface area contributed by atoms with E-state index in [1.54, 1.807) is 12.2 Å². The lowest BCUT2D eigenvalue weighted by molar-refractivity contribution is -0.132. The summed E-state index contributed by atoms with van der Waals surface area (Å²) < 4.78 is 0. The average Bonchev–Trinajstić information content (AvgIpc) is 2.39. The summed E-state index contributed by atoms with van der Waals surface area (Å²) in [7, 11) is 0. The van der Waals surface area contributed by atoms with Crippen LogP contribution in [0.5, 0.6) is 0 Å². The van der Waals surface area contributed by atoms with Crippen molar-refractivity contribution in [3.8, 4) is 0 Å². The standard InChI is InChI=1S/C11H9NO2.ClH/c13-11(14)10-7-3-5-8-4-1-2-6-9(8)12-10;/h1-7,12H,(H,13,14);1H. The summed E-state index contributed by atoms with van der Waals surface area (Å²) >= 11 is 0. The fraction of sp³-hybridized carbons (Fsp3) is 0. The Morgan fingerprint density at radius 2 is 2.00 bits per heavy atom. The molecule has 0 bridgehead atoms. The number of hydrogen-bond acceptors (Lipinski definition) is 2. The first-order chi connectivity index (χ1) is 6.77. The molecule has 1 heterocycles. The Bertz CT molecular complexity index is 438. The van der Waals surface area contributed by atoms with E-state index in [9.17, 15) is 4.79 Å². The van der Waals surface area contributed by atoms with Crippen LogP contribution in [0, 0.1) is 0 Å². The highest BCUT2D eigenvalue weighted by Crippen LogP contribution is 2.21. The average molecular weight is 224 g/mol. The highest BCUT2D eigenvalue weighted by atomic mass is 35.5. The fourth-order valence-electron chi connectivity index (χ4n) is 1.32. The number of carboxylic acid groups (broad SMARTS) is 1. The lowest BCUT2D eigenvalue weighted by Crippen LogP contribution is -2.09. The monoisotopic (exact) mass is 223 g/mol. The molecule has 1 aliphatic heterocycles. The molecule has 0 spiro atoms. The Kier molecular flexibility index (Phi) is 3.52.